The fraction of sp³-hybridized carbons (Fsp3) is 0.727. The van der Waals surface area contributed by atoms with Gasteiger partial charge in [0.2, 0.25) is 11.8 Å². The number of hydrogen-bond donors (Lipinski definition) is 4. The van der Waals surface area contributed by atoms with Gasteiger partial charge in [-0.05, 0) is 22.7 Å². The summed E-state index contributed by atoms with van der Waals surface area (Å²) >= 11 is 0. The summed E-state index contributed by atoms with van der Waals surface area (Å²) in [6, 6.07) is -3.74. The minimum atomic E-state index is -5.20. The molecular weight excluding hydrogens is 485 g/mol. The second kappa shape index (κ2) is 8.94. The zero-order valence-corrected chi connectivity index (χ0v) is 20.4. The summed E-state index contributed by atoms with van der Waals surface area (Å²) < 4.78 is 38.8. The summed E-state index contributed by atoms with van der Waals surface area (Å²) in [7, 11) is 0. The number of carbonyl (C=O) groups excluding carboxylic acids is 5. The van der Waals surface area contributed by atoms with Crippen molar-refractivity contribution in [1.29, 1.82) is 5.26 Å². The Morgan fingerprint density at radius 1 is 1.19 bits per heavy atom. The maximum absolute atomic E-state index is 13.5. The molecule has 3 rings (SSSR count). The Hall–Kier alpha value is -3.37. The molecule has 6 atom stereocenters. The second-order valence-corrected chi connectivity index (χ2v) is 11.1. The molecule has 0 aromatic heterocycles. The molecule has 6 amide bonds. The van der Waals surface area contributed by atoms with Gasteiger partial charge in [0, 0.05) is 13.0 Å². The Morgan fingerprint density at radius 3 is 2.28 bits per heavy atom. The monoisotopic (exact) mass is 514 g/mol. The number of likely N-dealkylation sites (tertiary alicyclic amines) is 1. The van der Waals surface area contributed by atoms with E-state index in [-0.39, 0.29) is 30.2 Å². The van der Waals surface area contributed by atoms with Crippen molar-refractivity contribution in [3.63, 3.8) is 0 Å². The molecule has 3 aliphatic rings. The Labute approximate surface area is 205 Å². The third-order valence-electron chi connectivity index (χ3n) is 7.21. The molecule has 3 fully saturated rings. The van der Waals surface area contributed by atoms with E-state index in [1.54, 1.807) is 5.32 Å². The first-order valence-electron chi connectivity index (χ1n) is 11.4. The van der Waals surface area contributed by atoms with Crippen molar-refractivity contribution in [2.24, 2.45) is 22.7 Å². The third-order valence-corrected chi connectivity index (χ3v) is 7.21. The summed E-state index contributed by atoms with van der Waals surface area (Å²) in [5, 5.41) is 18.1. The first kappa shape index (κ1) is 27.2. The van der Waals surface area contributed by atoms with Crippen molar-refractivity contribution < 1.29 is 37.1 Å². The summed E-state index contributed by atoms with van der Waals surface area (Å²) in [6.45, 7) is 8.38. The number of piperidine rings is 1. The average Bonchev–Trinajstić information content (AvgIpc) is 3.06. The van der Waals surface area contributed by atoms with Gasteiger partial charge < -0.3 is 20.9 Å². The van der Waals surface area contributed by atoms with E-state index in [0.29, 0.717) is 0 Å². The molecule has 2 heterocycles. The molecule has 0 bridgehead atoms. The molecule has 2 aliphatic heterocycles. The molecule has 1 unspecified atom stereocenters. The van der Waals surface area contributed by atoms with E-state index in [0.717, 1.165) is 0 Å². The molecule has 1 aliphatic carbocycles. The number of imide groups is 1. The van der Waals surface area contributed by atoms with Crippen LogP contribution in [0.5, 0.6) is 0 Å². The van der Waals surface area contributed by atoms with Crippen LogP contribution < -0.4 is 21.3 Å². The lowest BCUT2D eigenvalue weighted by Crippen LogP contribution is -2.61. The van der Waals surface area contributed by atoms with Crippen molar-refractivity contribution in [3.05, 3.63) is 0 Å². The van der Waals surface area contributed by atoms with Crippen LogP contribution in [0.15, 0.2) is 0 Å². The van der Waals surface area contributed by atoms with Gasteiger partial charge in [0.05, 0.1) is 6.07 Å². The van der Waals surface area contributed by atoms with E-state index in [1.807, 2.05) is 25.2 Å². The smallest absolute Gasteiger partial charge is 0.338 e. The van der Waals surface area contributed by atoms with E-state index in [4.69, 9.17) is 0 Å². The molecule has 0 aromatic rings. The number of nitrogens with one attached hydrogen (secondary N) is 4. The highest BCUT2D eigenvalue weighted by atomic mass is 19.4. The first-order chi connectivity index (χ1) is 16.4. The minimum absolute atomic E-state index is 0.0986. The van der Waals surface area contributed by atoms with Crippen molar-refractivity contribution in [1.82, 2.24) is 26.2 Å². The Morgan fingerprint density at radius 2 is 1.81 bits per heavy atom. The van der Waals surface area contributed by atoms with Crippen molar-refractivity contribution in [2.45, 2.75) is 71.4 Å². The molecule has 2 saturated heterocycles. The van der Waals surface area contributed by atoms with Crippen LogP contribution in [0.3, 0.4) is 0 Å². The topological polar surface area (TPSA) is 160 Å². The highest BCUT2D eigenvalue weighted by molar-refractivity contribution is 6.04. The molecule has 11 nitrogen and oxygen atoms in total. The molecule has 14 heteroatoms. The number of amides is 6. The second-order valence-electron chi connectivity index (χ2n) is 11.1. The molecular formula is C22H29F3N6O5. The normalized spacial score (nSPS) is 28.2. The summed E-state index contributed by atoms with van der Waals surface area (Å²) in [6.07, 6.45) is -5.41. The molecule has 1 saturated carbocycles. The molecule has 0 spiro atoms. The summed E-state index contributed by atoms with van der Waals surface area (Å²) in [5.41, 5.74) is -1.43. The van der Waals surface area contributed by atoms with Crippen LogP contribution >= 0.6 is 0 Å². The number of hydrogen-bond acceptors (Lipinski definition) is 6. The zero-order chi connectivity index (χ0) is 27.4. The van der Waals surface area contributed by atoms with Gasteiger partial charge in [-0.3, -0.25) is 24.5 Å². The summed E-state index contributed by atoms with van der Waals surface area (Å²) in [5.74, 6) is -4.86. The lowest BCUT2D eigenvalue weighted by Gasteiger charge is -2.37. The predicted molar refractivity (Wildman–Crippen MR) is 116 cm³/mol. The fourth-order valence-corrected chi connectivity index (χ4v) is 5.10. The highest BCUT2D eigenvalue weighted by Gasteiger charge is 2.70. The SMILES string of the molecule is CC(C)(C)[C@H](NC(=O)C(F)(F)F)C(=O)N1C[C@H]2[C@H]([C@H]1C(=O)NC(C#N)C[C@@H]1NC(=O)NC1=O)C2(C)C. The highest BCUT2D eigenvalue weighted by Crippen LogP contribution is 2.65. The fourth-order valence-electron chi connectivity index (χ4n) is 5.10. The van der Waals surface area contributed by atoms with E-state index in [9.17, 15) is 42.4 Å². The van der Waals surface area contributed by atoms with Gasteiger partial charge in [0.15, 0.2) is 0 Å². The summed E-state index contributed by atoms with van der Waals surface area (Å²) in [4.78, 5) is 62.7. The average molecular weight is 515 g/mol. The number of alkyl halides is 3. The molecule has 0 aromatic carbocycles. The van der Waals surface area contributed by atoms with E-state index in [2.05, 4.69) is 10.6 Å². The number of nitriles is 1. The van der Waals surface area contributed by atoms with Crippen LogP contribution in [0, 0.1) is 34.0 Å². The predicted octanol–water partition coefficient (Wildman–Crippen LogP) is 0.169. The standard InChI is InChI=1S/C22H29F3N6O5/c1-20(2,3)14(29-18(35)22(23,24)25)17(34)31-8-10-12(21(10,4)5)13(31)16(33)27-9(7-26)6-11-15(32)30-19(36)28-11/h9-14H,6,8H2,1-5H3,(H,27,33)(H,29,35)(H2,28,30,32,36)/t9?,10-,11-,12+,13-,14+/m0/s1. The Kier molecular flexibility index (Phi) is 6.76. The minimum Gasteiger partial charge on any atom is -0.338 e. The Balaban J connectivity index is 1.81. The molecule has 198 valence electrons. The quantitative estimate of drug-likeness (QED) is 0.370. The van der Waals surface area contributed by atoms with Gasteiger partial charge in [-0.2, -0.15) is 18.4 Å². The van der Waals surface area contributed by atoms with Crippen molar-refractivity contribution >= 4 is 29.7 Å². The maximum Gasteiger partial charge on any atom is 0.471 e. The number of nitrogens with zero attached hydrogens (tertiary/aromatic N) is 2. The number of rotatable bonds is 6. The van der Waals surface area contributed by atoms with Gasteiger partial charge in [-0.15, -0.1) is 0 Å². The number of halogens is 3. The molecule has 36 heavy (non-hydrogen) atoms. The van der Waals surface area contributed by atoms with Gasteiger partial charge in [-0.25, -0.2) is 4.79 Å². The lowest BCUT2D eigenvalue weighted by molar-refractivity contribution is -0.176. The number of carbonyl (C=O) groups is 5. The van der Waals surface area contributed by atoms with Crippen LogP contribution in [0.25, 0.3) is 0 Å². The van der Waals surface area contributed by atoms with Crippen LogP contribution in [0.2, 0.25) is 0 Å². The zero-order valence-electron chi connectivity index (χ0n) is 20.4. The van der Waals surface area contributed by atoms with E-state index >= 15 is 0 Å². The van der Waals surface area contributed by atoms with Crippen molar-refractivity contribution in [2.75, 3.05) is 6.54 Å². The van der Waals surface area contributed by atoms with E-state index < -0.39 is 65.4 Å². The van der Waals surface area contributed by atoms with Crippen LogP contribution in [-0.4, -0.2) is 71.4 Å². The maximum atomic E-state index is 13.5. The van der Waals surface area contributed by atoms with Crippen LogP contribution in [0.4, 0.5) is 18.0 Å². The lowest BCUT2D eigenvalue weighted by atomic mass is 9.85. The Bertz CT molecular complexity index is 1030. The van der Waals surface area contributed by atoms with Gasteiger partial charge in [0.25, 0.3) is 5.91 Å². The largest absolute Gasteiger partial charge is 0.471 e. The van der Waals surface area contributed by atoms with E-state index in [1.165, 1.54) is 25.7 Å². The van der Waals surface area contributed by atoms with Crippen LogP contribution in [-0.2, 0) is 19.2 Å². The van der Waals surface area contributed by atoms with Gasteiger partial charge >= 0.3 is 18.1 Å². The first-order valence-corrected chi connectivity index (χ1v) is 11.4. The number of fused-ring (bicyclic) bond motifs is 1. The third kappa shape index (κ3) is 5.10. The molecule has 0 radical (unpaired) electrons. The van der Waals surface area contributed by atoms with Crippen LogP contribution in [0.1, 0.15) is 41.0 Å². The molecule has 4 N–H and O–H groups in total. The van der Waals surface area contributed by atoms with Gasteiger partial charge in [-0.1, -0.05) is 34.6 Å². The van der Waals surface area contributed by atoms with Gasteiger partial charge in [0.1, 0.15) is 24.2 Å². The number of urea groups is 1. The van der Waals surface area contributed by atoms with Crippen molar-refractivity contribution in [3.8, 4) is 6.07 Å².